The van der Waals surface area contributed by atoms with E-state index in [4.69, 9.17) is 10.5 Å². The highest BCUT2D eigenvalue weighted by molar-refractivity contribution is 5.39. The molecule has 0 saturated heterocycles. The van der Waals surface area contributed by atoms with Crippen LogP contribution in [0.3, 0.4) is 0 Å². The standard InChI is InChI=1S/C15H13F4NO/c1-21-12-7-3-6-11(13(12)16)14(20)9-4-2-5-10(8-9)15(17,18)19/h2-8,14H,20H2,1H3. The van der Waals surface area contributed by atoms with Gasteiger partial charge in [0, 0.05) is 5.56 Å². The van der Waals surface area contributed by atoms with E-state index in [0.717, 1.165) is 12.1 Å². The number of nitrogens with two attached hydrogens (primary N) is 1. The Hall–Kier alpha value is -2.08. The largest absolute Gasteiger partial charge is 0.494 e. The van der Waals surface area contributed by atoms with E-state index in [1.807, 2.05) is 0 Å². The molecular weight excluding hydrogens is 286 g/mol. The van der Waals surface area contributed by atoms with E-state index >= 15 is 0 Å². The summed E-state index contributed by atoms with van der Waals surface area (Å²) < 4.78 is 57.0. The van der Waals surface area contributed by atoms with E-state index in [0.29, 0.717) is 0 Å². The Morgan fingerprint density at radius 2 is 1.76 bits per heavy atom. The summed E-state index contributed by atoms with van der Waals surface area (Å²) in [6.07, 6.45) is -4.47. The van der Waals surface area contributed by atoms with Gasteiger partial charge < -0.3 is 10.5 Å². The predicted molar refractivity (Wildman–Crippen MR) is 70.4 cm³/mol. The Morgan fingerprint density at radius 3 is 2.38 bits per heavy atom. The zero-order valence-corrected chi connectivity index (χ0v) is 11.1. The van der Waals surface area contributed by atoms with Crippen LogP contribution in [-0.2, 0) is 6.18 Å². The molecule has 6 heteroatoms. The quantitative estimate of drug-likeness (QED) is 0.872. The number of rotatable bonds is 3. The van der Waals surface area contributed by atoms with Crippen LogP contribution >= 0.6 is 0 Å². The Morgan fingerprint density at radius 1 is 1.10 bits per heavy atom. The number of halogens is 4. The first-order valence-corrected chi connectivity index (χ1v) is 6.09. The van der Waals surface area contributed by atoms with Crippen molar-refractivity contribution in [3.63, 3.8) is 0 Å². The molecule has 0 aliphatic rings. The number of benzene rings is 2. The SMILES string of the molecule is COc1cccc(C(N)c2cccc(C(F)(F)F)c2)c1F. The van der Waals surface area contributed by atoms with Crippen LogP contribution in [0.25, 0.3) is 0 Å². The molecule has 2 nitrogen and oxygen atoms in total. The summed E-state index contributed by atoms with van der Waals surface area (Å²) in [5.41, 5.74) is 5.32. The van der Waals surface area contributed by atoms with Crippen LogP contribution in [0.5, 0.6) is 5.75 Å². The average Bonchev–Trinajstić information content (AvgIpc) is 2.46. The second-order valence-electron chi connectivity index (χ2n) is 4.46. The molecule has 0 radical (unpaired) electrons. The minimum Gasteiger partial charge on any atom is -0.494 e. The lowest BCUT2D eigenvalue weighted by atomic mass is 9.97. The fraction of sp³-hybridized carbons (Fsp3) is 0.200. The van der Waals surface area contributed by atoms with E-state index in [2.05, 4.69) is 0 Å². The highest BCUT2D eigenvalue weighted by atomic mass is 19.4. The summed E-state index contributed by atoms with van der Waals surface area (Å²) in [5, 5.41) is 0. The Balaban J connectivity index is 2.43. The lowest BCUT2D eigenvalue weighted by molar-refractivity contribution is -0.137. The van der Waals surface area contributed by atoms with Gasteiger partial charge in [-0.25, -0.2) is 4.39 Å². The second kappa shape index (κ2) is 5.73. The van der Waals surface area contributed by atoms with E-state index in [1.54, 1.807) is 0 Å². The molecule has 112 valence electrons. The predicted octanol–water partition coefficient (Wildman–Crippen LogP) is 3.90. The molecule has 1 unspecified atom stereocenters. The van der Waals surface area contributed by atoms with Gasteiger partial charge >= 0.3 is 6.18 Å². The van der Waals surface area contributed by atoms with Gasteiger partial charge in [0.05, 0.1) is 18.7 Å². The first-order valence-electron chi connectivity index (χ1n) is 6.09. The van der Waals surface area contributed by atoms with E-state index < -0.39 is 23.6 Å². The minimum absolute atomic E-state index is 0.00470. The minimum atomic E-state index is -4.47. The summed E-state index contributed by atoms with van der Waals surface area (Å²) in [7, 11) is 1.30. The number of alkyl halides is 3. The fourth-order valence-electron chi connectivity index (χ4n) is 2.01. The molecule has 0 saturated carbocycles. The van der Waals surface area contributed by atoms with Crippen molar-refractivity contribution in [3.05, 3.63) is 65.0 Å². The van der Waals surface area contributed by atoms with Crippen LogP contribution in [0, 0.1) is 5.82 Å². The number of ether oxygens (including phenoxy) is 1. The third-order valence-corrected chi connectivity index (χ3v) is 3.12. The van der Waals surface area contributed by atoms with Crippen molar-refractivity contribution in [3.8, 4) is 5.75 Å². The van der Waals surface area contributed by atoms with Gasteiger partial charge in [0.2, 0.25) is 0 Å². The zero-order valence-electron chi connectivity index (χ0n) is 11.1. The summed E-state index contributed by atoms with van der Waals surface area (Å²) in [6.45, 7) is 0. The van der Waals surface area contributed by atoms with Crippen molar-refractivity contribution in [1.82, 2.24) is 0 Å². The fourth-order valence-corrected chi connectivity index (χ4v) is 2.01. The van der Waals surface area contributed by atoms with Crippen molar-refractivity contribution in [2.45, 2.75) is 12.2 Å². The van der Waals surface area contributed by atoms with Crippen LogP contribution in [0.1, 0.15) is 22.7 Å². The van der Waals surface area contributed by atoms with Crippen molar-refractivity contribution >= 4 is 0 Å². The highest BCUT2D eigenvalue weighted by Gasteiger charge is 2.31. The maximum absolute atomic E-state index is 14.1. The Labute approximate surface area is 119 Å². The molecule has 0 fully saturated rings. The molecule has 0 aliphatic carbocycles. The van der Waals surface area contributed by atoms with E-state index in [9.17, 15) is 17.6 Å². The summed E-state index contributed by atoms with van der Waals surface area (Å²) >= 11 is 0. The summed E-state index contributed by atoms with van der Waals surface area (Å²) in [6, 6.07) is 7.89. The van der Waals surface area contributed by atoms with Gasteiger partial charge in [-0.1, -0.05) is 24.3 Å². The van der Waals surface area contributed by atoms with Crippen molar-refractivity contribution in [2.75, 3.05) is 7.11 Å². The number of methoxy groups -OCH3 is 1. The molecule has 2 aromatic rings. The van der Waals surface area contributed by atoms with Gasteiger partial charge in [-0.2, -0.15) is 13.2 Å². The molecule has 0 bridgehead atoms. The smallest absolute Gasteiger partial charge is 0.416 e. The Kier molecular flexibility index (Phi) is 4.18. The molecular formula is C15H13F4NO. The van der Waals surface area contributed by atoms with E-state index in [-0.39, 0.29) is 16.9 Å². The van der Waals surface area contributed by atoms with E-state index in [1.165, 1.54) is 37.4 Å². The molecule has 21 heavy (non-hydrogen) atoms. The first-order chi connectivity index (χ1) is 9.84. The van der Waals surface area contributed by atoms with Gasteiger partial charge in [-0.15, -0.1) is 0 Å². The molecule has 0 aromatic heterocycles. The molecule has 2 rings (SSSR count). The van der Waals surface area contributed by atoms with Crippen LogP contribution in [0.2, 0.25) is 0 Å². The number of hydrogen-bond donors (Lipinski definition) is 1. The Bertz CT molecular complexity index is 640. The topological polar surface area (TPSA) is 35.2 Å². The lowest BCUT2D eigenvalue weighted by Gasteiger charge is -2.16. The number of hydrogen-bond acceptors (Lipinski definition) is 2. The van der Waals surface area contributed by atoms with Crippen molar-refractivity contribution in [2.24, 2.45) is 5.73 Å². The maximum atomic E-state index is 14.1. The molecule has 2 aromatic carbocycles. The molecule has 2 N–H and O–H groups in total. The summed E-state index contributed by atoms with van der Waals surface area (Å²) in [4.78, 5) is 0. The van der Waals surface area contributed by atoms with Gasteiger partial charge in [0.25, 0.3) is 0 Å². The molecule has 0 heterocycles. The van der Waals surface area contributed by atoms with Crippen molar-refractivity contribution < 1.29 is 22.3 Å². The maximum Gasteiger partial charge on any atom is 0.416 e. The zero-order chi connectivity index (χ0) is 15.6. The van der Waals surface area contributed by atoms with Gasteiger partial charge in [-0.05, 0) is 23.8 Å². The average molecular weight is 299 g/mol. The normalized spacial score (nSPS) is 13.0. The molecule has 0 amide bonds. The van der Waals surface area contributed by atoms with Crippen LogP contribution in [0.4, 0.5) is 17.6 Å². The second-order valence-corrected chi connectivity index (χ2v) is 4.46. The summed E-state index contributed by atoms with van der Waals surface area (Å²) in [5.74, 6) is -0.681. The highest BCUT2D eigenvalue weighted by Crippen LogP contribution is 2.33. The first kappa shape index (κ1) is 15.3. The van der Waals surface area contributed by atoms with Crippen LogP contribution in [-0.4, -0.2) is 7.11 Å². The lowest BCUT2D eigenvalue weighted by Crippen LogP contribution is -2.15. The third-order valence-electron chi connectivity index (χ3n) is 3.12. The van der Waals surface area contributed by atoms with Crippen LogP contribution in [0.15, 0.2) is 42.5 Å². The van der Waals surface area contributed by atoms with Crippen molar-refractivity contribution in [1.29, 1.82) is 0 Å². The van der Waals surface area contributed by atoms with Crippen LogP contribution < -0.4 is 10.5 Å². The monoisotopic (exact) mass is 299 g/mol. The van der Waals surface area contributed by atoms with Gasteiger partial charge in [-0.3, -0.25) is 0 Å². The van der Waals surface area contributed by atoms with Gasteiger partial charge in [0.1, 0.15) is 0 Å². The molecule has 0 spiro atoms. The van der Waals surface area contributed by atoms with Gasteiger partial charge in [0.15, 0.2) is 11.6 Å². The molecule has 1 atom stereocenters. The molecule has 0 aliphatic heterocycles. The third kappa shape index (κ3) is 3.16.